The molecular weight excluding hydrogens is 358 g/mol. The average molecular weight is 373 g/mol. The van der Waals surface area contributed by atoms with Gasteiger partial charge in [0, 0.05) is 6.54 Å². The normalized spacial score (nSPS) is 13.1. The molecule has 0 saturated carbocycles. The minimum atomic E-state index is -3.66. The fraction of sp³-hybridized carbons (Fsp3) is 0.188. The zero-order chi connectivity index (χ0) is 18.1. The quantitative estimate of drug-likeness (QED) is 0.715. The van der Waals surface area contributed by atoms with Gasteiger partial charge in [-0.05, 0) is 58.8 Å². The van der Waals surface area contributed by atoms with Crippen LogP contribution in [0.1, 0.15) is 11.1 Å². The van der Waals surface area contributed by atoms with E-state index in [0.717, 1.165) is 11.1 Å². The van der Waals surface area contributed by atoms with Gasteiger partial charge in [-0.2, -0.15) is 0 Å². The Morgan fingerprint density at radius 2 is 2.00 bits per heavy atom. The summed E-state index contributed by atoms with van der Waals surface area (Å²) in [4.78, 5) is 0.174. The van der Waals surface area contributed by atoms with Crippen LogP contribution in [-0.4, -0.2) is 35.4 Å². The molecule has 26 heavy (non-hydrogen) atoms. The van der Waals surface area contributed by atoms with E-state index < -0.39 is 10.0 Å². The molecule has 2 heterocycles. The highest BCUT2D eigenvalue weighted by atomic mass is 32.2. The number of nitrogens with one attached hydrogen (secondary N) is 1. The SMILES string of the molecule is Cc1cc(S(=O)(=O)NCc2ccc3c(c2)OCO3)ccc1-n1cnnn1. The summed E-state index contributed by atoms with van der Waals surface area (Å²) in [5.74, 6) is 1.27. The number of hydrogen-bond acceptors (Lipinski definition) is 7. The highest BCUT2D eigenvalue weighted by Gasteiger charge is 2.17. The molecular formula is C16H15N5O4S. The van der Waals surface area contributed by atoms with E-state index >= 15 is 0 Å². The van der Waals surface area contributed by atoms with Crippen molar-refractivity contribution in [1.29, 1.82) is 0 Å². The maximum absolute atomic E-state index is 12.6. The van der Waals surface area contributed by atoms with Gasteiger partial charge in [0.05, 0.1) is 10.6 Å². The first-order valence-electron chi connectivity index (χ1n) is 7.75. The summed E-state index contributed by atoms with van der Waals surface area (Å²) in [7, 11) is -3.66. The van der Waals surface area contributed by atoms with Crippen molar-refractivity contribution in [2.24, 2.45) is 0 Å². The molecule has 0 amide bonds. The molecule has 0 fully saturated rings. The summed E-state index contributed by atoms with van der Waals surface area (Å²) >= 11 is 0. The zero-order valence-corrected chi connectivity index (χ0v) is 14.6. The van der Waals surface area contributed by atoms with E-state index in [4.69, 9.17) is 9.47 Å². The van der Waals surface area contributed by atoms with E-state index in [1.54, 1.807) is 37.3 Å². The summed E-state index contributed by atoms with van der Waals surface area (Å²) < 4.78 is 39.8. The fourth-order valence-electron chi connectivity index (χ4n) is 2.64. The van der Waals surface area contributed by atoms with Crippen LogP contribution in [0.25, 0.3) is 5.69 Å². The number of tetrazole rings is 1. The topological polar surface area (TPSA) is 108 Å². The van der Waals surface area contributed by atoms with Crippen LogP contribution in [-0.2, 0) is 16.6 Å². The van der Waals surface area contributed by atoms with E-state index in [2.05, 4.69) is 20.2 Å². The Kier molecular flexibility index (Phi) is 4.05. The largest absolute Gasteiger partial charge is 0.454 e. The molecule has 0 bridgehead atoms. The lowest BCUT2D eigenvalue weighted by Gasteiger charge is -2.10. The second kappa shape index (κ2) is 6.39. The van der Waals surface area contributed by atoms with Crippen LogP contribution in [0.2, 0.25) is 0 Å². The van der Waals surface area contributed by atoms with E-state index in [-0.39, 0.29) is 18.2 Å². The Bertz CT molecular complexity index is 1050. The minimum absolute atomic E-state index is 0.146. The molecule has 0 radical (unpaired) electrons. The van der Waals surface area contributed by atoms with Crippen molar-refractivity contribution < 1.29 is 17.9 Å². The molecule has 2 aromatic carbocycles. The molecule has 0 spiro atoms. The van der Waals surface area contributed by atoms with Crippen LogP contribution >= 0.6 is 0 Å². The van der Waals surface area contributed by atoms with Crippen LogP contribution in [0, 0.1) is 6.92 Å². The summed E-state index contributed by atoms with van der Waals surface area (Å²) in [5, 5.41) is 11.0. The van der Waals surface area contributed by atoms with Gasteiger partial charge in [0.25, 0.3) is 0 Å². The second-order valence-corrected chi connectivity index (χ2v) is 7.48. The molecule has 10 heteroatoms. The third-order valence-corrected chi connectivity index (χ3v) is 5.38. The fourth-order valence-corrected chi connectivity index (χ4v) is 3.74. The number of fused-ring (bicyclic) bond motifs is 1. The Labute approximate surface area is 149 Å². The number of hydrogen-bond donors (Lipinski definition) is 1. The lowest BCUT2D eigenvalue weighted by atomic mass is 10.2. The van der Waals surface area contributed by atoms with Crippen LogP contribution in [0.3, 0.4) is 0 Å². The predicted molar refractivity (Wildman–Crippen MR) is 90.5 cm³/mol. The van der Waals surface area contributed by atoms with Crippen LogP contribution in [0.5, 0.6) is 11.5 Å². The molecule has 1 aliphatic heterocycles. The van der Waals surface area contributed by atoms with E-state index in [9.17, 15) is 8.42 Å². The van der Waals surface area contributed by atoms with Crippen molar-refractivity contribution in [1.82, 2.24) is 24.9 Å². The summed E-state index contributed by atoms with van der Waals surface area (Å²) in [6.45, 7) is 2.12. The van der Waals surface area contributed by atoms with Crippen molar-refractivity contribution in [2.75, 3.05) is 6.79 Å². The van der Waals surface area contributed by atoms with Crippen molar-refractivity contribution in [3.05, 3.63) is 53.9 Å². The highest BCUT2D eigenvalue weighted by Crippen LogP contribution is 2.32. The van der Waals surface area contributed by atoms with E-state index in [1.807, 2.05) is 0 Å². The first-order chi connectivity index (χ1) is 12.5. The predicted octanol–water partition coefficient (Wildman–Crippen LogP) is 1.18. The number of ether oxygens (including phenoxy) is 2. The van der Waals surface area contributed by atoms with Crippen LogP contribution in [0.4, 0.5) is 0 Å². The van der Waals surface area contributed by atoms with Gasteiger partial charge in [-0.15, -0.1) is 5.10 Å². The number of aromatic nitrogens is 4. The van der Waals surface area contributed by atoms with Gasteiger partial charge in [0.1, 0.15) is 6.33 Å². The average Bonchev–Trinajstić information content (AvgIpc) is 3.31. The number of nitrogens with zero attached hydrogens (tertiary/aromatic N) is 4. The second-order valence-electron chi connectivity index (χ2n) is 5.71. The molecule has 4 rings (SSSR count). The van der Waals surface area contributed by atoms with E-state index in [0.29, 0.717) is 17.2 Å². The molecule has 0 saturated heterocycles. The van der Waals surface area contributed by atoms with Gasteiger partial charge in [0.2, 0.25) is 16.8 Å². The van der Waals surface area contributed by atoms with Crippen molar-refractivity contribution in [3.8, 4) is 17.2 Å². The third kappa shape index (κ3) is 3.11. The first-order valence-corrected chi connectivity index (χ1v) is 9.23. The van der Waals surface area contributed by atoms with Gasteiger partial charge in [-0.3, -0.25) is 0 Å². The Morgan fingerprint density at radius 3 is 2.77 bits per heavy atom. The van der Waals surface area contributed by atoms with Crippen LogP contribution < -0.4 is 14.2 Å². The smallest absolute Gasteiger partial charge is 0.240 e. The van der Waals surface area contributed by atoms with Crippen molar-refractivity contribution in [3.63, 3.8) is 0 Å². The van der Waals surface area contributed by atoms with Crippen LogP contribution in [0.15, 0.2) is 47.6 Å². The number of aryl methyl sites for hydroxylation is 1. The zero-order valence-electron chi connectivity index (χ0n) is 13.8. The minimum Gasteiger partial charge on any atom is -0.454 e. The molecule has 1 N–H and O–H groups in total. The Morgan fingerprint density at radius 1 is 1.15 bits per heavy atom. The Balaban J connectivity index is 1.52. The van der Waals surface area contributed by atoms with Gasteiger partial charge >= 0.3 is 0 Å². The maximum Gasteiger partial charge on any atom is 0.240 e. The third-order valence-electron chi connectivity index (χ3n) is 3.98. The maximum atomic E-state index is 12.6. The molecule has 1 aliphatic rings. The first kappa shape index (κ1) is 16.5. The van der Waals surface area contributed by atoms with Crippen molar-refractivity contribution in [2.45, 2.75) is 18.4 Å². The summed E-state index contributed by atoms with van der Waals surface area (Å²) in [6.07, 6.45) is 1.45. The van der Waals surface area contributed by atoms with Gasteiger partial charge in [-0.1, -0.05) is 6.07 Å². The van der Waals surface area contributed by atoms with E-state index in [1.165, 1.54) is 17.1 Å². The lowest BCUT2D eigenvalue weighted by Crippen LogP contribution is -2.23. The molecule has 0 aliphatic carbocycles. The molecule has 0 atom stereocenters. The standard InChI is InChI=1S/C16H15N5O4S/c1-11-6-13(3-4-14(11)21-9-17-19-20-21)26(22,23)18-8-12-2-5-15-16(7-12)25-10-24-15/h2-7,9,18H,8,10H2,1H3. The molecule has 3 aromatic rings. The highest BCUT2D eigenvalue weighted by molar-refractivity contribution is 7.89. The summed E-state index contributed by atoms with van der Waals surface area (Å²) in [6, 6.07) is 10.1. The number of benzene rings is 2. The number of rotatable bonds is 5. The van der Waals surface area contributed by atoms with Gasteiger partial charge < -0.3 is 9.47 Å². The molecule has 1 aromatic heterocycles. The van der Waals surface area contributed by atoms with Crippen molar-refractivity contribution >= 4 is 10.0 Å². The lowest BCUT2D eigenvalue weighted by molar-refractivity contribution is 0.174. The molecule has 0 unspecified atom stereocenters. The number of sulfonamides is 1. The summed E-state index contributed by atoms with van der Waals surface area (Å²) in [5.41, 5.74) is 2.23. The Hall–Kier alpha value is -2.98. The molecule has 134 valence electrons. The monoisotopic (exact) mass is 373 g/mol. The van der Waals surface area contributed by atoms with Gasteiger partial charge in [0.15, 0.2) is 11.5 Å². The molecule has 9 nitrogen and oxygen atoms in total. The van der Waals surface area contributed by atoms with Gasteiger partial charge in [-0.25, -0.2) is 17.8 Å².